The monoisotopic (exact) mass is 354 g/mol. The van der Waals surface area contributed by atoms with Crippen LogP contribution >= 0.6 is 24.8 Å². The van der Waals surface area contributed by atoms with Crippen molar-refractivity contribution >= 4 is 30.6 Å². The minimum Gasteiger partial charge on any atom is -0.489 e. The van der Waals surface area contributed by atoms with E-state index in [0.29, 0.717) is 12.4 Å². The van der Waals surface area contributed by atoms with E-state index in [4.69, 9.17) is 10.5 Å². The zero-order valence-corrected chi connectivity index (χ0v) is 15.1. The predicted octanol–water partition coefficient (Wildman–Crippen LogP) is 4.53. The van der Waals surface area contributed by atoms with E-state index >= 15 is 0 Å². The van der Waals surface area contributed by atoms with Gasteiger partial charge in [0.25, 0.3) is 0 Å². The summed E-state index contributed by atoms with van der Waals surface area (Å²) in [6, 6.07) is 16.1. The van der Waals surface area contributed by atoms with Crippen molar-refractivity contribution in [3.05, 3.63) is 65.2 Å². The van der Waals surface area contributed by atoms with Gasteiger partial charge in [0.2, 0.25) is 0 Å². The van der Waals surface area contributed by atoms with Crippen LogP contribution in [0.5, 0.6) is 5.75 Å². The van der Waals surface area contributed by atoms with E-state index in [1.54, 1.807) is 0 Å². The Balaban J connectivity index is 0.00000242. The van der Waals surface area contributed by atoms with Crippen molar-refractivity contribution in [1.82, 2.24) is 0 Å². The number of amidine groups is 1. The van der Waals surface area contributed by atoms with E-state index in [-0.39, 0.29) is 24.8 Å². The number of nitrogens with zero attached hydrogens (tertiary/aromatic N) is 1. The molecule has 126 valence electrons. The molecule has 0 spiro atoms. The third kappa shape index (κ3) is 6.93. The molecule has 0 fully saturated rings. The number of aryl methyl sites for hydroxylation is 1. The van der Waals surface area contributed by atoms with Crippen LogP contribution in [-0.4, -0.2) is 12.4 Å². The summed E-state index contributed by atoms with van der Waals surface area (Å²) in [5.74, 6) is 1.49. The average molecular weight is 355 g/mol. The molecule has 0 saturated carbocycles. The quantitative estimate of drug-likeness (QED) is 0.611. The summed E-state index contributed by atoms with van der Waals surface area (Å²) in [5.41, 5.74) is 9.20. The minimum atomic E-state index is 0. The molecule has 2 aromatic carbocycles. The van der Waals surface area contributed by atoms with Crippen LogP contribution in [0.2, 0.25) is 0 Å². The first-order chi connectivity index (χ1) is 10.2. The highest BCUT2D eigenvalue weighted by atomic mass is 35.5. The van der Waals surface area contributed by atoms with Crippen molar-refractivity contribution in [3.63, 3.8) is 0 Å². The van der Waals surface area contributed by atoms with Gasteiger partial charge in [0.15, 0.2) is 0 Å². The summed E-state index contributed by atoms with van der Waals surface area (Å²) in [6.45, 7) is 5.46. The molecule has 2 rings (SSSR count). The van der Waals surface area contributed by atoms with Gasteiger partial charge in [0.05, 0.1) is 0 Å². The molecule has 3 nitrogen and oxygen atoms in total. The van der Waals surface area contributed by atoms with Crippen molar-refractivity contribution in [1.29, 1.82) is 0 Å². The van der Waals surface area contributed by atoms with E-state index in [1.807, 2.05) is 42.5 Å². The minimum absolute atomic E-state index is 0. The lowest BCUT2D eigenvalue weighted by atomic mass is 10.1. The van der Waals surface area contributed by atoms with Crippen LogP contribution in [0.4, 0.5) is 0 Å². The zero-order valence-electron chi connectivity index (χ0n) is 13.5. The lowest BCUT2D eigenvalue weighted by molar-refractivity contribution is 0.306. The molecule has 2 N–H and O–H groups in total. The Morgan fingerprint density at radius 1 is 1.09 bits per heavy atom. The van der Waals surface area contributed by atoms with E-state index in [9.17, 15) is 0 Å². The molecule has 23 heavy (non-hydrogen) atoms. The molecular weight excluding hydrogens is 331 g/mol. The second-order valence-electron chi connectivity index (χ2n) is 5.07. The largest absolute Gasteiger partial charge is 0.489 e. The van der Waals surface area contributed by atoms with Gasteiger partial charge in [-0.25, -0.2) is 0 Å². The highest BCUT2D eigenvalue weighted by Gasteiger charge is 2.00. The first-order valence-corrected chi connectivity index (χ1v) is 7.27. The average Bonchev–Trinajstić information content (AvgIpc) is 2.51. The highest BCUT2D eigenvalue weighted by Crippen LogP contribution is 2.14. The summed E-state index contributed by atoms with van der Waals surface area (Å²) in [7, 11) is 0. The maximum absolute atomic E-state index is 5.93. The van der Waals surface area contributed by atoms with Gasteiger partial charge in [-0.3, -0.25) is 4.99 Å². The first-order valence-electron chi connectivity index (χ1n) is 7.27. The molecule has 2 aromatic rings. The second kappa shape index (κ2) is 10.9. The molecule has 0 aliphatic heterocycles. The van der Waals surface area contributed by atoms with Crippen LogP contribution in [0.25, 0.3) is 0 Å². The van der Waals surface area contributed by atoms with Gasteiger partial charge < -0.3 is 10.5 Å². The molecule has 0 unspecified atom stereocenters. The fourth-order valence-corrected chi connectivity index (χ4v) is 1.97. The third-order valence-corrected chi connectivity index (χ3v) is 3.15. The van der Waals surface area contributed by atoms with Gasteiger partial charge in [0.1, 0.15) is 18.2 Å². The summed E-state index contributed by atoms with van der Waals surface area (Å²) in [4.78, 5) is 4.31. The Bertz CT molecular complexity index is 613. The number of benzene rings is 2. The molecular formula is C18H24Cl2N2O. The maximum atomic E-state index is 5.93. The van der Waals surface area contributed by atoms with Gasteiger partial charge in [0, 0.05) is 12.1 Å². The molecule has 0 heterocycles. The molecule has 0 aliphatic rings. The van der Waals surface area contributed by atoms with Crippen LogP contribution in [0, 0.1) is 6.92 Å². The van der Waals surface area contributed by atoms with Gasteiger partial charge >= 0.3 is 0 Å². The van der Waals surface area contributed by atoms with Crippen molar-refractivity contribution in [2.24, 2.45) is 10.7 Å². The zero-order chi connectivity index (χ0) is 15.1. The highest BCUT2D eigenvalue weighted by molar-refractivity contribution is 5.97. The van der Waals surface area contributed by atoms with Crippen molar-refractivity contribution in [3.8, 4) is 5.75 Å². The first kappa shape index (κ1) is 21.3. The molecule has 0 aromatic heterocycles. The van der Waals surface area contributed by atoms with E-state index in [0.717, 1.165) is 29.8 Å². The maximum Gasteiger partial charge on any atom is 0.125 e. The summed E-state index contributed by atoms with van der Waals surface area (Å²) < 4.78 is 5.78. The molecule has 0 bridgehead atoms. The molecule has 0 aliphatic carbocycles. The molecule has 0 atom stereocenters. The fraction of sp³-hybridized carbons (Fsp3) is 0.278. The SMILES string of the molecule is CCCN=C(N)c1ccc(COc2cccc(C)c2)cc1.Cl.Cl. The molecule has 0 amide bonds. The summed E-state index contributed by atoms with van der Waals surface area (Å²) in [6.07, 6.45) is 1.00. The Labute approximate surface area is 150 Å². The molecule has 0 saturated heterocycles. The number of halogens is 2. The van der Waals surface area contributed by atoms with Gasteiger partial charge in [-0.1, -0.05) is 43.3 Å². The van der Waals surface area contributed by atoms with Crippen LogP contribution in [0.1, 0.15) is 30.0 Å². The normalized spacial score (nSPS) is 10.4. The number of ether oxygens (including phenoxy) is 1. The Morgan fingerprint density at radius 2 is 1.78 bits per heavy atom. The van der Waals surface area contributed by atoms with Crippen LogP contribution in [0.3, 0.4) is 0 Å². The second-order valence-corrected chi connectivity index (χ2v) is 5.07. The van der Waals surface area contributed by atoms with Gasteiger partial charge in [-0.2, -0.15) is 0 Å². The Morgan fingerprint density at radius 3 is 2.39 bits per heavy atom. The third-order valence-electron chi connectivity index (χ3n) is 3.15. The van der Waals surface area contributed by atoms with E-state index in [2.05, 4.69) is 24.9 Å². The summed E-state index contributed by atoms with van der Waals surface area (Å²) in [5, 5.41) is 0. The van der Waals surface area contributed by atoms with Crippen molar-refractivity contribution in [2.75, 3.05) is 6.54 Å². The predicted molar refractivity (Wildman–Crippen MR) is 102 cm³/mol. The Kier molecular flexibility index (Phi) is 10.1. The van der Waals surface area contributed by atoms with Gasteiger partial charge in [-0.15, -0.1) is 24.8 Å². The van der Waals surface area contributed by atoms with E-state index < -0.39 is 0 Å². The topological polar surface area (TPSA) is 47.6 Å². The van der Waals surface area contributed by atoms with Crippen LogP contribution in [0.15, 0.2) is 53.5 Å². The molecule has 0 radical (unpaired) electrons. The lowest BCUT2D eigenvalue weighted by Crippen LogP contribution is -2.14. The Hall–Kier alpha value is -1.71. The smallest absolute Gasteiger partial charge is 0.125 e. The van der Waals surface area contributed by atoms with Crippen LogP contribution in [-0.2, 0) is 6.61 Å². The number of hydrogen-bond acceptors (Lipinski definition) is 2. The van der Waals surface area contributed by atoms with E-state index in [1.165, 1.54) is 5.56 Å². The lowest BCUT2D eigenvalue weighted by Gasteiger charge is -2.08. The fourth-order valence-electron chi connectivity index (χ4n) is 1.97. The number of hydrogen-bond donors (Lipinski definition) is 1. The summed E-state index contributed by atoms with van der Waals surface area (Å²) >= 11 is 0. The standard InChI is InChI=1S/C18H22N2O.2ClH/c1-3-11-20-18(19)16-9-7-15(8-10-16)13-21-17-6-4-5-14(2)12-17;;/h4-10,12H,3,11,13H2,1-2H3,(H2,19,20);2*1H. The van der Waals surface area contributed by atoms with Crippen molar-refractivity contribution < 1.29 is 4.74 Å². The van der Waals surface area contributed by atoms with Crippen molar-refractivity contribution in [2.45, 2.75) is 26.9 Å². The van der Waals surface area contributed by atoms with Crippen LogP contribution < -0.4 is 10.5 Å². The molecule has 5 heteroatoms. The number of nitrogens with two attached hydrogens (primary N) is 1. The number of rotatable bonds is 6. The number of aliphatic imine (C=N–C) groups is 1. The van der Waals surface area contributed by atoms with Gasteiger partial charge in [-0.05, 0) is 36.6 Å².